The van der Waals surface area contributed by atoms with Crippen molar-refractivity contribution in [3.8, 4) is 0 Å². The molecule has 0 aromatic rings. The minimum atomic E-state index is -0.960. The summed E-state index contributed by atoms with van der Waals surface area (Å²) in [5.74, 6) is -0.566. The van der Waals surface area contributed by atoms with Crippen LogP contribution in [-0.4, -0.2) is 71.0 Å². The van der Waals surface area contributed by atoms with Crippen LogP contribution >= 0.6 is 0 Å². The van der Waals surface area contributed by atoms with Gasteiger partial charge in [-0.3, -0.25) is 9.59 Å². The second-order valence-corrected chi connectivity index (χ2v) is 12.7. The smallest absolute Gasteiger partial charge is 0.305 e. The van der Waals surface area contributed by atoms with Gasteiger partial charge in [0.1, 0.15) is 25.4 Å². The lowest BCUT2D eigenvalue weighted by atomic mass is 10.1. The molecular weight excluding hydrogens is 584 g/mol. The van der Waals surface area contributed by atoms with Gasteiger partial charge in [-0.1, -0.05) is 142 Å². The van der Waals surface area contributed by atoms with E-state index in [4.69, 9.17) is 29.9 Å². The van der Waals surface area contributed by atoms with Gasteiger partial charge in [0.25, 0.3) is 0 Å². The monoisotopic (exact) mass is 659 g/mol. The van der Waals surface area contributed by atoms with E-state index in [1.807, 2.05) is 0 Å². The summed E-state index contributed by atoms with van der Waals surface area (Å²) in [5, 5.41) is 35.3. The molecule has 0 saturated carbocycles. The fourth-order valence-electron chi connectivity index (χ4n) is 4.90. The molecule has 0 aromatic carbocycles. The molecule has 8 heteroatoms. The number of aliphatic hydroxyl groups excluding tert-OH is 4. The molecule has 0 aromatic heterocycles. The predicted molar refractivity (Wildman–Crippen MR) is 189 cm³/mol. The summed E-state index contributed by atoms with van der Waals surface area (Å²) < 4.78 is 9.69. The van der Waals surface area contributed by atoms with Gasteiger partial charge in [0.2, 0.25) is 0 Å². The Hall–Kier alpha value is -1.48. The maximum absolute atomic E-state index is 11.4. The number of esters is 2. The van der Waals surface area contributed by atoms with E-state index in [-0.39, 0.29) is 38.4 Å². The molecule has 0 rings (SSSR count). The molecule has 0 aliphatic heterocycles. The van der Waals surface area contributed by atoms with Gasteiger partial charge < -0.3 is 29.9 Å². The topological polar surface area (TPSA) is 134 Å². The van der Waals surface area contributed by atoms with Crippen molar-refractivity contribution < 1.29 is 39.5 Å². The van der Waals surface area contributed by atoms with Gasteiger partial charge in [-0.25, -0.2) is 0 Å². The Balaban J connectivity index is 0. The molecule has 4 N–H and O–H groups in total. The summed E-state index contributed by atoms with van der Waals surface area (Å²) in [6.45, 7) is 3.54. The van der Waals surface area contributed by atoms with Gasteiger partial charge in [-0.15, -0.1) is 0 Å². The predicted octanol–water partition coefficient (Wildman–Crippen LogP) is 8.50. The first-order valence-electron chi connectivity index (χ1n) is 18.9. The summed E-state index contributed by atoms with van der Waals surface area (Å²) >= 11 is 0. The van der Waals surface area contributed by atoms with Crippen LogP contribution in [0, 0.1) is 0 Å². The lowest BCUT2D eigenvalue weighted by molar-refractivity contribution is -0.148. The first-order chi connectivity index (χ1) is 22.4. The number of unbranched alkanes of at least 4 members (excludes halogenated alkanes) is 21. The van der Waals surface area contributed by atoms with Crippen molar-refractivity contribution in [2.75, 3.05) is 26.4 Å². The zero-order valence-corrected chi connectivity index (χ0v) is 29.9. The van der Waals surface area contributed by atoms with Crippen LogP contribution in [0.2, 0.25) is 0 Å². The van der Waals surface area contributed by atoms with E-state index >= 15 is 0 Å². The second kappa shape index (κ2) is 39.7. The van der Waals surface area contributed by atoms with E-state index in [0.29, 0.717) is 12.8 Å². The van der Waals surface area contributed by atoms with E-state index in [1.165, 1.54) is 116 Å². The first-order valence-corrected chi connectivity index (χ1v) is 18.9. The molecule has 2 unspecified atom stereocenters. The van der Waals surface area contributed by atoms with Crippen LogP contribution in [0.1, 0.15) is 181 Å². The molecule has 46 heavy (non-hydrogen) atoms. The maximum atomic E-state index is 11.4. The maximum Gasteiger partial charge on any atom is 0.305 e. The van der Waals surface area contributed by atoms with Crippen molar-refractivity contribution in [2.45, 2.75) is 193 Å². The van der Waals surface area contributed by atoms with Crippen LogP contribution in [0.3, 0.4) is 0 Å². The molecule has 274 valence electrons. The van der Waals surface area contributed by atoms with Gasteiger partial charge in [0.15, 0.2) is 0 Å². The van der Waals surface area contributed by atoms with E-state index in [2.05, 4.69) is 26.0 Å². The van der Waals surface area contributed by atoms with Crippen LogP contribution in [0.4, 0.5) is 0 Å². The SMILES string of the molecule is CCCCCCCC/C=C\CCCCCCCC(=O)OCC(O)CO.CCCCCCCCCCCCCC(=O)OCC(O)CO. The van der Waals surface area contributed by atoms with Gasteiger partial charge in [-0.2, -0.15) is 0 Å². The van der Waals surface area contributed by atoms with E-state index < -0.39 is 12.2 Å². The third-order valence-corrected chi connectivity index (χ3v) is 7.92. The molecule has 0 bridgehead atoms. The summed E-state index contributed by atoms with van der Waals surface area (Å²) in [7, 11) is 0. The number of allylic oxidation sites excluding steroid dienone is 2. The molecule has 8 nitrogen and oxygen atoms in total. The Morgan fingerprint density at radius 2 is 0.761 bits per heavy atom. The van der Waals surface area contributed by atoms with Crippen molar-refractivity contribution in [3.05, 3.63) is 12.2 Å². The first kappa shape index (κ1) is 46.6. The largest absolute Gasteiger partial charge is 0.463 e. The molecule has 0 heterocycles. The van der Waals surface area contributed by atoms with Crippen LogP contribution < -0.4 is 0 Å². The minimum Gasteiger partial charge on any atom is -0.463 e. The molecule has 0 aliphatic rings. The van der Waals surface area contributed by atoms with Gasteiger partial charge in [0.05, 0.1) is 13.2 Å². The highest BCUT2D eigenvalue weighted by Crippen LogP contribution is 2.13. The number of ether oxygens (including phenoxy) is 2. The Kier molecular flexibility index (Phi) is 40.2. The Morgan fingerprint density at radius 1 is 0.478 bits per heavy atom. The highest BCUT2D eigenvalue weighted by Gasteiger charge is 2.08. The van der Waals surface area contributed by atoms with Crippen LogP contribution in [0.25, 0.3) is 0 Å². The zero-order chi connectivity index (χ0) is 34.4. The second-order valence-electron chi connectivity index (χ2n) is 12.7. The quantitative estimate of drug-likeness (QED) is 0.0313. The average Bonchev–Trinajstić information content (AvgIpc) is 3.06. The Bertz CT molecular complexity index is 655. The van der Waals surface area contributed by atoms with Crippen molar-refractivity contribution in [2.24, 2.45) is 0 Å². The number of carbonyl (C=O) groups excluding carboxylic acids is 2. The third kappa shape index (κ3) is 40.5. The minimum absolute atomic E-state index is 0.104. The van der Waals surface area contributed by atoms with Crippen molar-refractivity contribution in [1.29, 1.82) is 0 Å². The number of hydrogen-bond acceptors (Lipinski definition) is 8. The lowest BCUT2D eigenvalue weighted by Gasteiger charge is -2.08. The molecule has 0 spiro atoms. The molecule has 0 fully saturated rings. The summed E-state index contributed by atoms with van der Waals surface area (Å²) in [5.41, 5.74) is 0. The zero-order valence-electron chi connectivity index (χ0n) is 29.9. The van der Waals surface area contributed by atoms with Gasteiger partial charge in [0, 0.05) is 12.8 Å². The molecule has 0 amide bonds. The highest BCUT2D eigenvalue weighted by molar-refractivity contribution is 5.69. The molecular formula is C38H74O8. The number of aliphatic hydroxyl groups is 4. The van der Waals surface area contributed by atoms with Crippen LogP contribution in [0.5, 0.6) is 0 Å². The fraction of sp³-hybridized carbons (Fsp3) is 0.895. The molecule has 0 saturated heterocycles. The van der Waals surface area contributed by atoms with Crippen molar-refractivity contribution in [3.63, 3.8) is 0 Å². The van der Waals surface area contributed by atoms with E-state index in [1.54, 1.807) is 0 Å². The average molecular weight is 659 g/mol. The Labute approximate surface area is 282 Å². The number of hydrogen-bond donors (Lipinski definition) is 4. The number of rotatable bonds is 33. The van der Waals surface area contributed by atoms with E-state index in [0.717, 1.165) is 38.5 Å². The van der Waals surface area contributed by atoms with Crippen molar-refractivity contribution in [1.82, 2.24) is 0 Å². The molecule has 0 radical (unpaired) electrons. The van der Waals surface area contributed by atoms with Gasteiger partial charge in [-0.05, 0) is 38.5 Å². The highest BCUT2D eigenvalue weighted by atomic mass is 16.5. The third-order valence-electron chi connectivity index (χ3n) is 7.92. The molecule has 2 atom stereocenters. The normalized spacial score (nSPS) is 12.5. The number of carbonyl (C=O) groups is 2. The van der Waals surface area contributed by atoms with Gasteiger partial charge >= 0.3 is 11.9 Å². The van der Waals surface area contributed by atoms with E-state index in [9.17, 15) is 9.59 Å². The van der Waals surface area contributed by atoms with Crippen molar-refractivity contribution >= 4 is 11.9 Å². The Morgan fingerprint density at radius 3 is 1.07 bits per heavy atom. The summed E-state index contributed by atoms with van der Waals surface area (Å²) in [6, 6.07) is 0. The fourth-order valence-corrected chi connectivity index (χ4v) is 4.90. The lowest BCUT2D eigenvalue weighted by Crippen LogP contribution is -2.21. The summed E-state index contributed by atoms with van der Waals surface area (Å²) in [4.78, 5) is 22.7. The molecule has 0 aliphatic carbocycles. The standard InChI is InChI=1S/C21H40O4.C17H34O4/c1-2-3-4-5-6-7-8-9-10-11-12-13-14-15-16-17-21(24)25-19-20(23)18-22;1-2-3-4-5-6-7-8-9-10-11-12-13-17(20)21-15-16(19)14-18/h9-10,20,22-23H,2-8,11-19H2,1H3;16,18-19H,2-15H2,1H3/b10-9-;. The van der Waals surface area contributed by atoms with Crippen LogP contribution in [0.15, 0.2) is 12.2 Å². The summed E-state index contributed by atoms with van der Waals surface area (Å²) in [6.07, 6.45) is 33.3. The van der Waals surface area contributed by atoms with Crippen LogP contribution in [-0.2, 0) is 19.1 Å².